The largest absolute Gasteiger partial charge is 0.356 e. The van der Waals surface area contributed by atoms with E-state index in [0.29, 0.717) is 19.0 Å². The van der Waals surface area contributed by atoms with Gasteiger partial charge in [0.1, 0.15) is 0 Å². The minimum Gasteiger partial charge on any atom is -0.356 e. The van der Waals surface area contributed by atoms with E-state index in [0.717, 1.165) is 39.0 Å². The van der Waals surface area contributed by atoms with Crippen LogP contribution in [0.5, 0.6) is 0 Å². The molecule has 22 heavy (non-hydrogen) atoms. The SMILES string of the molecule is CCN(CC)C(=O)CCCNC(=O)C1CC2CCCCN2C1. The smallest absolute Gasteiger partial charge is 0.224 e. The number of hydrogen-bond donors (Lipinski definition) is 1. The average Bonchev–Trinajstić information content (AvgIpc) is 2.96. The molecule has 0 bridgehead atoms. The van der Waals surface area contributed by atoms with Gasteiger partial charge in [0, 0.05) is 38.6 Å². The van der Waals surface area contributed by atoms with Crippen molar-refractivity contribution in [2.45, 2.75) is 58.4 Å². The Morgan fingerprint density at radius 2 is 2.00 bits per heavy atom. The highest BCUT2D eigenvalue weighted by atomic mass is 16.2. The fourth-order valence-electron chi connectivity index (χ4n) is 3.77. The summed E-state index contributed by atoms with van der Waals surface area (Å²) in [5.41, 5.74) is 0. The average molecular weight is 309 g/mol. The molecule has 2 heterocycles. The number of piperidine rings is 1. The molecular weight excluding hydrogens is 278 g/mol. The fourth-order valence-corrected chi connectivity index (χ4v) is 3.77. The van der Waals surface area contributed by atoms with Crippen LogP contribution in [0.15, 0.2) is 0 Å². The highest BCUT2D eigenvalue weighted by Crippen LogP contribution is 2.30. The Hall–Kier alpha value is -1.10. The normalized spacial score (nSPS) is 24.8. The van der Waals surface area contributed by atoms with Crippen molar-refractivity contribution in [3.8, 4) is 0 Å². The first kappa shape index (κ1) is 17.3. The first-order valence-corrected chi connectivity index (χ1v) is 8.95. The van der Waals surface area contributed by atoms with E-state index in [4.69, 9.17) is 0 Å². The Bertz CT molecular complexity index is 368. The van der Waals surface area contributed by atoms with E-state index in [1.165, 1.54) is 19.3 Å². The molecule has 0 aromatic carbocycles. The number of fused-ring (bicyclic) bond motifs is 1. The summed E-state index contributed by atoms with van der Waals surface area (Å²) in [5, 5.41) is 3.03. The van der Waals surface area contributed by atoms with Crippen molar-refractivity contribution in [3.63, 3.8) is 0 Å². The van der Waals surface area contributed by atoms with Crippen molar-refractivity contribution in [2.24, 2.45) is 5.92 Å². The van der Waals surface area contributed by atoms with Crippen LogP contribution in [-0.4, -0.2) is 60.4 Å². The second-order valence-corrected chi connectivity index (χ2v) is 6.54. The molecular formula is C17H31N3O2. The van der Waals surface area contributed by atoms with Gasteiger partial charge in [0.05, 0.1) is 5.92 Å². The van der Waals surface area contributed by atoms with Gasteiger partial charge < -0.3 is 10.2 Å². The Kier molecular flexibility index (Phi) is 6.68. The molecule has 5 nitrogen and oxygen atoms in total. The van der Waals surface area contributed by atoms with Gasteiger partial charge in [-0.1, -0.05) is 6.42 Å². The molecule has 126 valence electrons. The van der Waals surface area contributed by atoms with Crippen molar-refractivity contribution in [3.05, 3.63) is 0 Å². The Morgan fingerprint density at radius 3 is 2.68 bits per heavy atom. The number of nitrogens with zero attached hydrogens (tertiary/aromatic N) is 2. The topological polar surface area (TPSA) is 52.7 Å². The maximum Gasteiger partial charge on any atom is 0.224 e. The first-order chi connectivity index (χ1) is 10.7. The van der Waals surface area contributed by atoms with Crippen LogP contribution >= 0.6 is 0 Å². The van der Waals surface area contributed by atoms with Gasteiger partial charge in [-0.15, -0.1) is 0 Å². The number of carbonyl (C=O) groups excluding carboxylic acids is 2. The molecule has 2 unspecified atom stereocenters. The lowest BCUT2D eigenvalue weighted by Gasteiger charge is -2.28. The third kappa shape index (κ3) is 4.45. The van der Waals surface area contributed by atoms with E-state index in [9.17, 15) is 9.59 Å². The number of nitrogens with one attached hydrogen (secondary N) is 1. The van der Waals surface area contributed by atoms with Gasteiger partial charge in [0.25, 0.3) is 0 Å². The number of rotatable bonds is 7. The molecule has 2 saturated heterocycles. The van der Waals surface area contributed by atoms with Crippen molar-refractivity contribution < 1.29 is 9.59 Å². The summed E-state index contributed by atoms with van der Waals surface area (Å²) >= 11 is 0. The number of carbonyl (C=O) groups is 2. The van der Waals surface area contributed by atoms with Gasteiger partial charge >= 0.3 is 0 Å². The van der Waals surface area contributed by atoms with E-state index >= 15 is 0 Å². The Balaban J connectivity index is 1.63. The number of amides is 2. The molecule has 0 aromatic rings. The van der Waals surface area contributed by atoms with E-state index in [-0.39, 0.29) is 17.7 Å². The van der Waals surface area contributed by atoms with E-state index in [1.807, 2.05) is 18.7 Å². The fraction of sp³-hybridized carbons (Fsp3) is 0.882. The maximum absolute atomic E-state index is 12.2. The maximum atomic E-state index is 12.2. The van der Waals surface area contributed by atoms with Crippen LogP contribution < -0.4 is 5.32 Å². The summed E-state index contributed by atoms with van der Waals surface area (Å²) < 4.78 is 0. The second kappa shape index (κ2) is 8.51. The van der Waals surface area contributed by atoms with Gasteiger partial charge in [-0.3, -0.25) is 14.5 Å². The molecule has 2 amide bonds. The molecule has 2 atom stereocenters. The third-order valence-electron chi connectivity index (χ3n) is 5.11. The molecule has 2 aliphatic heterocycles. The predicted octanol–water partition coefficient (Wildman–Crippen LogP) is 1.63. The molecule has 0 aromatic heterocycles. The molecule has 2 rings (SSSR count). The van der Waals surface area contributed by atoms with E-state index in [1.54, 1.807) is 0 Å². The monoisotopic (exact) mass is 309 g/mol. The molecule has 1 N–H and O–H groups in total. The zero-order chi connectivity index (χ0) is 15.9. The summed E-state index contributed by atoms with van der Waals surface area (Å²) in [5.74, 6) is 0.531. The van der Waals surface area contributed by atoms with Crippen LogP contribution in [0, 0.1) is 5.92 Å². The van der Waals surface area contributed by atoms with Gasteiger partial charge in [0.15, 0.2) is 0 Å². The Morgan fingerprint density at radius 1 is 1.23 bits per heavy atom. The summed E-state index contributed by atoms with van der Waals surface area (Å²) in [4.78, 5) is 28.5. The zero-order valence-corrected chi connectivity index (χ0v) is 14.1. The summed E-state index contributed by atoms with van der Waals surface area (Å²) in [6.45, 7) is 8.23. The van der Waals surface area contributed by atoms with Crippen LogP contribution in [0.1, 0.15) is 52.4 Å². The second-order valence-electron chi connectivity index (χ2n) is 6.54. The van der Waals surface area contributed by atoms with Crippen LogP contribution in [0.4, 0.5) is 0 Å². The van der Waals surface area contributed by atoms with Crippen molar-refractivity contribution in [1.82, 2.24) is 15.1 Å². The quantitative estimate of drug-likeness (QED) is 0.727. The molecule has 0 radical (unpaired) electrons. The minimum atomic E-state index is 0.154. The molecule has 0 aliphatic carbocycles. The predicted molar refractivity (Wildman–Crippen MR) is 87.5 cm³/mol. The van der Waals surface area contributed by atoms with Crippen molar-refractivity contribution >= 4 is 11.8 Å². The zero-order valence-electron chi connectivity index (χ0n) is 14.1. The van der Waals surface area contributed by atoms with E-state index < -0.39 is 0 Å². The molecule has 0 spiro atoms. The summed E-state index contributed by atoms with van der Waals surface area (Å²) in [6, 6.07) is 0.633. The van der Waals surface area contributed by atoms with Crippen LogP contribution in [0.25, 0.3) is 0 Å². The lowest BCUT2D eigenvalue weighted by Crippen LogP contribution is -2.36. The molecule has 2 fully saturated rings. The van der Waals surface area contributed by atoms with Crippen molar-refractivity contribution in [1.29, 1.82) is 0 Å². The minimum absolute atomic E-state index is 0.154. The summed E-state index contributed by atoms with van der Waals surface area (Å²) in [6.07, 6.45) is 6.12. The van der Waals surface area contributed by atoms with E-state index in [2.05, 4.69) is 10.2 Å². The van der Waals surface area contributed by atoms with Gasteiger partial charge in [-0.05, 0) is 46.1 Å². The number of hydrogen-bond acceptors (Lipinski definition) is 3. The standard InChI is InChI=1S/C17H31N3O2/c1-3-19(4-2)16(21)9-7-10-18-17(22)14-12-15-8-5-6-11-20(15)13-14/h14-15H,3-13H2,1-2H3,(H,18,22). The highest BCUT2D eigenvalue weighted by Gasteiger charge is 2.36. The lowest BCUT2D eigenvalue weighted by molar-refractivity contribution is -0.131. The molecule has 2 aliphatic rings. The molecule has 0 saturated carbocycles. The van der Waals surface area contributed by atoms with Crippen LogP contribution in [-0.2, 0) is 9.59 Å². The lowest BCUT2D eigenvalue weighted by atomic mass is 9.99. The first-order valence-electron chi connectivity index (χ1n) is 8.95. The molecule has 5 heteroatoms. The van der Waals surface area contributed by atoms with Crippen LogP contribution in [0.2, 0.25) is 0 Å². The van der Waals surface area contributed by atoms with Gasteiger partial charge in [0.2, 0.25) is 11.8 Å². The van der Waals surface area contributed by atoms with Crippen molar-refractivity contribution in [2.75, 3.05) is 32.7 Å². The third-order valence-corrected chi connectivity index (χ3v) is 5.11. The summed E-state index contributed by atoms with van der Waals surface area (Å²) in [7, 11) is 0. The van der Waals surface area contributed by atoms with Crippen LogP contribution in [0.3, 0.4) is 0 Å². The Labute approximate surface area is 134 Å². The highest BCUT2D eigenvalue weighted by molar-refractivity contribution is 5.79. The van der Waals surface area contributed by atoms with Gasteiger partial charge in [-0.25, -0.2) is 0 Å². The van der Waals surface area contributed by atoms with Gasteiger partial charge in [-0.2, -0.15) is 0 Å².